The van der Waals surface area contributed by atoms with Crippen LogP contribution in [0.4, 0.5) is 4.39 Å². The quantitative estimate of drug-likeness (QED) is 0.807. The van der Waals surface area contributed by atoms with Gasteiger partial charge in [0.1, 0.15) is 24.2 Å². The van der Waals surface area contributed by atoms with Crippen LogP contribution in [-0.2, 0) is 4.79 Å². The van der Waals surface area contributed by atoms with Crippen molar-refractivity contribution in [3.8, 4) is 5.75 Å². The molecule has 1 atom stereocenters. The summed E-state index contributed by atoms with van der Waals surface area (Å²) in [5.74, 6) is -0.101. The van der Waals surface area contributed by atoms with Gasteiger partial charge in [-0.2, -0.15) is 0 Å². The van der Waals surface area contributed by atoms with E-state index in [1.54, 1.807) is 48.6 Å². The van der Waals surface area contributed by atoms with Crippen LogP contribution in [0.3, 0.4) is 0 Å². The SMILES string of the molecule is CNC(=O)C1CN(CCOc2ccc(F)cc2)CCN1C(=O)c1ccncc1. The standard InChI is InChI=1S/C20H23FN4O3/c1-22-19(26)18-14-24(12-13-28-17-4-2-16(21)3-5-17)10-11-25(18)20(27)15-6-8-23-9-7-15/h2-9,18H,10-14H2,1H3,(H,22,26). The van der Waals surface area contributed by atoms with Crippen molar-refractivity contribution in [2.24, 2.45) is 0 Å². The van der Waals surface area contributed by atoms with Gasteiger partial charge in [0.15, 0.2) is 0 Å². The maximum absolute atomic E-state index is 12.9. The Hall–Kier alpha value is -3.00. The molecule has 1 unspecified atom stereocenters. The predicted molar refractivity (Wildman–Crippen MR) is 101 cm³/mol. The molecule has 2 aromatic rings. The molecule has 28 heavy (non-hydrogen) atoms. The zero-order valence-corrected chi connectivity index (χ0v) is 15.7. The van der Waals surface area contributed by atoms with Gasteiger partial charge in [-0.15, -0.1) is 0 Å². The van der Waals surface area contributed by atoms with Crippen molar-refractivity contribution in [2.45, 2.75) is 6.04 Å². The van der Waals surface area contributed by atoms with Crippen LogP contribution in [0.25, 0.3) is 0 Å². The summed E-state index contributed by atoms with van der Waals surface area (Å²) < 4.78 is 18.6. The number of hydrogen-bond donors (Lipinski definition) is 1. The molecule has 8 heteroatoms. The van der Waals surface area contributed by atoms with Gasteiger partial charge in [0.25, 0.3) is 5.91 Å². The van der Waals surface area contributed by atoms with Crippen molar-refractivity contribution >= 4 is 11.8 Å². The molecule has 1 fully saturated rings. The first-order valence-electron chi connectivity index (χ1n) is 9.12. The highest BCUT2D eigenvalue weighted by Crippen LogP contribution is 2.15. The fourth-order valence-corrected chi connectivity index (χ4v) is 3.16. The average molecular weight is 386 g/mol. The Kier molecular flexibility index (Phi) is 6.54. The number of pyridine rings is 1. The number of aromatic nitrogens is 1. The average Bonchev–Trinajstić information content (AvgIpc) is 2.74. The molecule has 2 heterocycles. The summed E-state index contributed by atoms with van der Waals surface area (Å²) >= 11 is 0. The van der Waals surface area contributed by atoms with E-state index in [9.17, 15) is 14.0 Å². The second-order valence-electron chi connectivity index (χ2n) is 6.47. The van der Waals surface area contributed by atoms with Crippen LogP contribution >= 0.6 is 0 Å². The van der Waals surface area contributed by atoms with Crippen molar-refractivity contribution in [2.75, 3.05) is 39.8 Å². The van der Waals surface area contributed by atoms with Gasteiger partial charge >= 0.3 is 0 Å². The molecule has 0 spiro atoms. The van der Waals surface area contributed by atoms with E-state index in [4.69, 9.17) is 4.74 Å². The third-order valence-electron chi connectivity index (χ3n) is 4.69. The molecule has 7 nitrogen and oxygen atoms in total. The second kappa shape index (κ2) is 9.27. The first kappa shape index (κ1) is 19.8. The summed E-state index contributed by atoms with van der Waals surface area (Å²) in [6, 6.07) is 8.56. The molecule has 1 saturated heterocycles. The Morgan fingerprint density at radius 3 is 2.57 bits per heavy atom. The number of carbonyl (C=O) groups is 2. The molecule has 1 N–H and O–H groups in total. The molecule has 0 aliphatic carbocycles. The molecule has 1 aliphatic rings. The number of amides is 2. The van der Waals surface area contributed by atoms with Crippen molar-refractivity contribution in [3.05, 3.63) is 60.2 Å². The van der Waals surface area contributed by atoms with Gasteiger partial charge in [-0.05, 0) is 36.4 Å². The van der Waals surface area contributed by atoms with E-state index in [0.29, 0.717) is 44.1 Å². The van der Waals surface area contributed by atoms with Crippen molar-refractivity contribution in [1.29, 1.82) is 0 Å². The Balaban J connectivity index is 1.59. The molecular formula is C20H23FN4O3. The van der Waals surface area contributed by atoms with Crippen molar-refractivity contribution in [1.82, 2.24) is 20.1 Å². The normalized spacial score (nSPS) is 17.2. The van der Waals surface area contributed by atoms with Gasteiger partial charge in [-0.25, -0.2) is 4.39 Å². The van der Waals surface area contributed by atoms with E-state index in [1.165, 1.54) is 12.1 Å². The fourth-order valence-electron chi connectivity index (χ4n) is 3.16. The maximum atomic E-state index is 12.9. The minimum Gasteiger partial charge on any atom is -0.492 e. The van der Waals surface area contributed by atoms with Crippen molar-refractivity contribution < 1.29 is 18.7 Å². The van der Waals surface area contributed by atoms with Gasteiger partial charge in [0.05, 0.1) is 0 Å². The van der Waals surface area contributed by atoms with Gasteiger partial charge in [0.2, 0.25) is 5.91 Å². The van der Waals surface area contributed by atoms with E-state index >= 15 is 0 Å². The molecule has 148 valence electrons. The summed E-state index contributed by atoms with van der Waals surface area (Å²) in [6.07, 6.45) is 3.12. The van der Waals surface area contributed by atoms with E-state index in [-0.39, 0.29) is 17.6 Å². The van der Waals surface area contributed by atoms with Crippen LogP contribution in [0.5, 0.6) is 5.75 Å². The molecule has 1 aliphatic heterocycles. The minimum atomic E-state index is -0.578. The molecule has 0 saturated carbocycles. The molecule has 0 radical (unpaired) electrons. The Labute approximate surface area is 163 Å². The summed E-state index contributed by atoms with van der Waals surface area (Å²) in [7, 11) is 1.56. The Morgan fingerprint density at radius 1 is 1.18 bits per heavy atom. The van der Waals surface area contributed by atoms with Crippen LogP contribution in [0.1, 0.15) is 10.4 Å². The minimum absolute atomic E-state index is 0.182. The number of halogens is 1. The lowest BCUT2D eigenvalue weighted by Gasteiger charge is -2.40. The largest absolute Gasteiger partial charge is 0.492 e. The fraction of sp³-hybridized carbons (Fsp3) is 0.350. The summed E-state index contributed by atoms with van der Waals surface area (Å²) in [4.78, 5) is 32.8. The number of carbonyl (C=O) groups excluding carboxylic acids is 2. The monoisotopic (exact) mass is 386 g/mol. The number of piperazine rings is 1. The lowest BCUT2D eigenvalue weighted by atomic mass is 10.1. The third-order valence-corrected chi connectivity index (χ3v) is 4.69. The van der Waals surface area contributed by atoms with E-state index in [1.807, 2.05) is 0 Å². The van der Waals surface area contributed by atoms with Gasteiger partial charge in [-0.3, -0.25) is 19.5 Å². The molecular weight excluding hydrogens is 363 g/mol. The third kappa shape index (κ3) is 4.83. The van der Waals surface area contributed by atoms with Crippen molar-refractivity contribution in [3.63, 3.8) is 0 Å². The van der Waals surface area contributed by atoms with Crippen LogP contribution in [0.2, 0.25) is 0 Å². The maximum Gasteiger partial charge on any atom is 0.254 e. The topological polar surface area (TPSA) is 74.8 Å². The number of nitrogens with zero attached hydrogens (tertiary/aromatic N) is 3. The molecule has 2 amide bonds. The number of rotatable bonds is 6. The number of nitrogens with one attached hydrogen (secondary N) is 1. The van der Waals surface area contributed by atoms with Gasteiger partial charge in [-0.1, -0.05) is 0 Å². The Bertz CT molecular complexity index is 801. The lowest BCUT2D eigenvalue weighted by molar-refractivity contribution is -0.127. The molecule has 1 aromatic carbocycles. The first-order chi connectivity index (χ1) is 13.6. The number of hydrogen-bond acceptors (Lipinski definition) is 5. The summed E-state index contributed by atoms with van der Waals surface area (Å²) in [6.45, 7) is 2.50. The molecule has 3 rings (SSSR count). The van der Waals surface area contributed by atoms with Crippen LogP contribution in [0, 0.1) is 5.82 Å². The summed E-state index contributed by atoms with van der Waals surface area (Å²) in [5.41, 5.74) is 0.511. The van der Waals surface area contributed by atoms with Gasteiger partial charge < -0.3 is 15.0 Å². The predicted octanol–water partition coefficient (Wildman–Crippen LogP) is 1.17. The zero-order chi connectivity index (χ0) is 19.9. The highest BCUT2D eigenvalue weighted by atomic mass is 19.1. The van der Waals surface area contributed by atoms with Crippen LogP contribution in [-0.4, -0.2) is 72.5 Å². The highest BCUT2D eigenvalue weighted by molar-refractivity contribution is 5.97. The van der Waals surface area contributed by atoms with E-state index in [2.05, 4.69) is 15.2 Å². The highest BCUT2D eigenvalue weighted by Gasteiger charge is 2.35. The second-order valence-corrected chi connectivity index (χ2v) is 6.47. The van der Waals surface area contributed by atoms with E-state index < -0.39 is 6.04 Å². The van der Waals surface area contributed by atoms with E-state index in [0.717, 1.165) is 0 Å². The summed E-state index contributed by atoms with van der Waals surface area (Å²) in [5, 5.41) is 2.64. The van der Waals surface area contributed by atoms with Crippen LogP contribution in [0.15, 0.2) is 48.8 Å². The number of likely N-dealkylation sites (N-methyl/N-ethyl adjacent to an activating group) is 1. The number of ether oxygens (including phenoxy) is 1. The first-order valence-corrected chi connectivity index (χ1v) is 9.12. The molecule has 1 aromatic heterocycles. The number of benzene rings is 1. The lowest BCUT2D eigenvalue weighted by Crippen LogP contribution is -2.60. The Morgan fingerprint density at radius 2 is 1.89 bits per heavy atom. The molecule has 0 bridgehead atoms. The smallest absolute Gasteiger partial charge is 0.254 e. The van der Waals surface area contributed by atoms with Gasteiger partial charge in [0, 0.05) is 51.2 Å². The zero-order valence-electron chi connectivity index (χ0n) is 15.7. The van der Waals surface area contributed by atoms with Crippen LogP contribution < -0.4 is 10.1 Å².